The first-order chi connectivity index (χ1) is 10.1. The molecule has 0 aliphatic heterocycles. The van der Waals surface area contributed by atoms with E-state index in [1.54, 1.807) is 7.11 Å². The predicted molar refractivity (Wildman–Crippen MR) is 87.2 cm³/mol. The van der Waals surface area contributed by atoms with Gasteiger partial charge < -0.3 is 14.8 Å². The van der Waals surface area contributed by atoms with Crippen LogP contribution < -0.4 is 10.1 Å². The molecule has 1 aromatic carbocycles. The zero-order valence-electron chi connectivity index (χ0n) is 13.4. The molecule has 0 heterocycles. The normalized spacial score (nSPS) is 27.4. The molecule has 1 N–H and O–H groups in total. The summed E-state index contributed by atoms with van der Waals surface area (Å²) in [5, 5.41) is 4.16. The van der Waals surface area contributed by atoms with Gasteiger partial charge in [-0.1, -0.05) is 31.4 Å². The molecule has 1 aliphatic carbocycles. The Morgan fingerprint density at radius 1 is 1.38 bits per heavy atom. The van der Waals surface area contributed by atoms with Gasteiger partial charge in [0.2, 0.25) is 0 Å². The number of nitrogens with one attached hydrogen (secondary N) is 1. The highest BCUT2D eigenvalue weighted by atomic mass is 35.5. The Labute approximate surface area is 133 Å². The molecular weight excluding hydrogens is 286 g/mol. The van der Waals surface area contributed by atoms with Crippen molar-refractivity contribution in [2.45, 2.75) is 44.2 Å². The van der Waals surface area contributed by atoms with Crippen LogP contribution in [0.25, 0.3) is 0 Å². The van der Waals surface area contributed by atoms with Crippen LogP contribution in [0.2, 0.25) is 5.02 Å². The topological polar surface area (TPSA) is 30.5 Å². The van der Waals surface area contributed by atoms with Gasteiger partial charge in [-0.15, -0.1) is 0 Å². The molecule has 2 rings (SSSR count). The Hall–Kier alpha value is -0.770. The summed E-state index contributed by atoms with van der Waals surface area (Å²) in [6.07, 6.45) is 4.56. The lowest BCUT2D eigenvalue weighted by Crippen LogP contribution is -2.47. The molecule has 0 aromatic heterocycles. The summed E-state index contributed by atoms with van der Waals surface area (Å²) in [7, 11) is 5.49. The second-order valence-corrected chi connectivity index (χ2v) is 6.51. The maximum absolute atomic E-state index is 6.21. The van der Waals surface area contributed by atoms with E-state index in [0.29, 0.717) is 5.92 Å². The van der Waals surface area contributed by atoms with E-state index in [1.165, 1.54) is 12.8 Å². The van der Waals surface area contributed by atoms with Gasteiger partial charge >= 0.3 is 0 Å². The van der Waals surface area contributed by atoms with Gasteiger partial charge in [0.25, 0.3) is 0 Å². The second-order valence-electron chi connectivity index (χ2n) is 6.08. The van der Waals surface area contributed by atoms with E-state index in [-0.39, 0.29) is 11.6 Å². The van der Waals surface area contributed by atoms with Crippen LogP contribution >= 0.6 is 11.6 Å². The second kappa shape index (κ2) is 6.99. The SMILES string of the molecule is CNC(c1cc(Cl)ccc1OC)C1(OC)CCCC(C)C1. The third kappa shape index (κ3) is 3.36. The average molecular weight is 312 g/mol. The molecule has 118 valence electrons. The van der Waals surface area contributed by atoms with Gasteiger partial charge in [-0.2, -0.15) is 0 Å². The van der Waals surface area contributed by atoms with Crippen LogP contribution in [0.5, 0.6) is 5.75 Å². The zero-order chi connectivity index (χ0) is 15.5. The fourth-order valence-electron chi connectivity index (χ4n) is 3.74. The molecule has 0 spiro atoms. The van der Waals surface area contributed by atoms with Gasteiger partial charge in [0, 0.05) is 17.7 Å². The summed E-state index contributed by atoms with van der Waals surface area (Å²) in [5.74, 6) is 1.52. The Kier molecular flexibility index (Phi) is 5.53. The molecule has 1 fully saturated rings. The van der Waals surface area contributed by atoms with Crippen LogP contribution in [-0.2, 0) is 4.74 Å². The Bertz CT molecular complexity index is 480. The van der Waals surface area contributed by atoms with Crippen molar-refractivity contribution >= 4 is 11.6 Å². The summed E-state index contributed by atoms with van der Waals surface area (Å²) in [5.41, 5.74) is 0.869. The van der Waals surface area contributed by atoms with E-state index in [4.69, 9.17) is 21.1 Å². The largest absolute Gasteiger partial charge is 0.496 e. The molecule has 0 bridgehead atoms. The van der Waals surface area contributed by atoms with E-state index in [2.05, 4.69) is 12.2 Å². The number of benzene rings is 1. The van der Waals surface area contributed by atoms with Crippen molar-refractivity contribution in [3.63, 3.8) is 0 Å². The van der Waals surface area contributed by atoms with E-state index < -0.39 is 0 Å². The van der Waals surface area contributed by atoms with Crippen molar-refractivity contribution in [1.29, 1.82) is 0 Å². The molecule has 1 saturated carbocycles. The fourth-order valence-corrected chi connectivity index (χ4v) is 3.92. The molecule has 3 unspecified atom stereocenters. The zero-order valence-corrected chi connectivity index (χ0v) is 14.2. The Morgan fingerprint density at radius 3 is 2.71 bits per heavy atom. The smallest absolute Gasteiger partial charge is 0.123 e. The quantitative estimate of drug-likeness (QED) is 0.884. The molecule has 3 atom stereocenters. The van der Waals surface area contributed by atoms with Crippen molar-refractivity contribution in [1.82, 2.24) is 5.32 Å². The Morgan fingerprint density at radius 2 is 2.14 bits per heavy atom. The fraction of sp³-hybridized carbons (Fsp3) is 0.647. The van der Waals surface area contributed by atoms with Crippen molar-refractivity contribution in [3.05, 3.63) is 28.8 Å². The van der Waals surface area contributed by atoms with Gasteiger partial charge in [0.05, 0.1) is 18.8 Å². The highest BCUT2D eigenvalue weighted by Gasteiger charge is 2.43. The van der Waals surface area contributed by atoms with Crippen LogP contribution in [-0.4, -0.2) is 26.9 Å². The first-order valence-electron chi connectivity index (χ1n) is 7.62. The summed E-state index contributed by atoms with van der Waals surface area (Å²) < 4.78 is 11.6. The van der Waals surface area contributed by atoms with Crippen molar-refractivity contribution in [2.24, 2.45) is 5.92 Å². The van der Waals surface area contributed by atoms with Gasteiger partial charge in [-0.25, -0.2) is 0 Å². The standard InChI is InChI=1S/C17H26ClNO2/c1-12-6-5-9-17(11-12,21-4)16(19-2)14-10-13(18)7-8-15(14)20-3/h7-8,10,12,16,19H,5-6,9,11H2,1-4H3. The lowest BCUT2D eigenvalue weighted by Gasteiger charge is -2.45. The molecule has 0 radical (unpaired) electrons. The lowest BCUT2D eigenvalue weighted by molar-refractivity contribution is -0.0793. The molecule has 0 saturated heterocycles. The number of halogens is 1. The summed E-state index contributed by atoms with van der Waals surface area (Å²) >= 11 is 6.21. The molecule has 21 heavy (non-hydrogen) atoms. The van der Waals surface area contributed by atoms with Crippen molar-refractivity contribution in [3.8, 4) is 5.75 Å². The van der Waals surface area contributed by atoms with Gasteiger partial charge in [-0.3, -0.25) is 0 Å². The Balaban J connectivity index is 2.44. The third-order valence-corrected chi connectivity index (χ3v) is 4.95. The maximum atomic E-state index is 6.21. The number of hydrogen-bond donors (Lipinski definition) is 1. The molecule has 4 heteroatoms. The number of likely N-dealkylation sites (N-methyl/N-ethyl adjacent to an activating group) is 1. The maximum Gasteiger partial charge on any atom is 0.123 e. The van der Waals surface area contributed by atoms with E-state index >= 15 is 0 Å². The predicted octanol–water partition coefficient (Wildman–Crippen LogP) is 4.20. The summed E-state index contributed by atoms with van der Waals surface area (Å²) in [6.45, 7) is 2.30. The monoisotopic (exact) mass is 311 g/mol. The van der Waals surface area contributed by atoms with Crippen LogP contribution in [0.3, 0.4) is 0 Å². The number of rotatable bonds is 5. The van der Waals surface area contributed by atoms with Crippen LogP contribution in [0.15, 0.2) is 18.2 Å². The number of ether oxygens (including phenoxy) is 2. The van der Waals surface area contributed by atoms with Gasteiger partial charge in [0.1, 0.15) is 5.75 Å². The lowest BCUT2D eigenvalue weighted by atomic mass is 9.72. The minimum Gasteiger partial charge on any atom is -0.496 e. The van der Waals surface area contributed by atoms with Crippen molar-refractivity contribution in [2.75, 3.05) is 21.3 Å². The van der Waals surface area contributed by atoms with Crippen LogP contribution in [0.1, 0.15) is 44.2 Å². The molecule has 0 amide bonds. The molecule has 3 nitrogen and oxygen atoms in total. The molecule has 1 aromatic rings. The van der Waals surface area contributed by atoms with Gasteiger partial charge in [0.15, 0.2) is 0 Å². The molecular formula is C17H26ClNO2. The first-order valence-corrected chi connectivity index (χ1v) is 8.00. The highest BCUT2D eigenvalue weighted by molar-refractivity contribution is 6.30. The summed E-state index contributed by atoms with van der Waals surface area (Å²) in [6, 6.07) is 5.85. The molecule has 1 aliphatic rings. The van der Waals surface area contributed by atoms with Crippen LogP contribution in [0, 0.1) is 5.92 Å². The van der Waals surface area contributed by atoms with E-state index in [0.717, 1.165) is 29.2 Å². The third-order valence-electron chi connectivity index (χ3n) is 4.71. The van der Waals surface area contributed by atoms with E-state index in [1.807, 2.05) is 32.4 Å². The minimum atomic E-state index is -0.204. The van der Waals surface area contributed by atoms with Gasteiger partial charge in [-0.05, 0) is 44.0 Å². The number of methoxy groups -OCH3 is 2. The number of hydrogen-bond acceptors (Lipinski definition) is 3. The van der Waals surface area contributed by atoms with Crippen molar-refractivity contribution < 1.29 is 9.47 Å². The highest BCUT2D eigenvalue weighted by Crippen LogP contribution is 2.45. The first kappa shape index (κ1) is 16.6. The average Bonchev–Trinajstić information content (AvgIpc) is 2.48. The van der Waals surface area contributed by atoms with Crippen LogP contribution in [0.4, 0.5) is 0 Å². The minimum absolute atomic E-state index is 0.0684. The summed E-state index contributed by atoms with van der Waals surface area (Å²) in [4.78, 5) is 0. The van der Waals surface area contributed by atoms with E-state index in [9.17, 15) is 0 Å².